The molecule has 0 N–H and O–H groups in total. The van der Waals surface area contributed by atoms with Gasteiger partial charge in [0.05, 0.1) is 5.56 Å². The van der Waals surface area contributed by atoms with Crippen LogP contribution in [-0.4, -0.2) is 26.8 Å². The molecule has 0 saturated heterocycles. The highest BCUT2D eigenvalue weighted by Crippen LogP contribution is 2.20. The summed E-state index contributed by atoms with van der Waals surface area (Å²) in [5.74, 6) is -0.917. The Morgan fingerprint density at radius 2 is 1.47 bits per heavy atom. The third-order valence-electron chi connectivity index (χ3n) is 4.39. The summed E-state index contributed by atoms with van der Waals surface area (Å²) < 4.78 is 34.8. The van der Waals surface area contributed by atoms with Crippen LogP contribution in [0, 0.1) is 13.8 Å². The first-order valence-electron chi connectivity index (χ1n) is 9.13. The van der Waals surface area contributed by atoms with E-state index in [-0.39, 0.29) is 16.2 Å². The lowest BCUT2D eigenvalue weighted by Gasteiger charge is -2.09. The van der Waals surface area contributed by atoms with Crippen molar-refractivity contribution in [2.24, 2.45) is 0 Å². The van der Waals surface area contributed by atoms with Crippen LogP contribution in [0.3, 0.4) is 0 Å². The lowest BCUT2D eigenvalue weighted by molar-refractivity contribution is 0.0474. The van der Waals surface area contributed by atoms with Crippen molar-refractivity contribution in [1.82, 2.24) is 0 Å². The van der Waals surface area contributed by atoms with E-state index in [2.05, 4.69) is 0 Å². The van der Waals surface area contributed by atoms with Gasteiger partial charge in [-0.1, -0.05) is 35.9 Å². The minimum atomic E-state index is -3.97. The van der Waals surface area contributed by atoms with Crippen molar-refractivity contribution >= 4 is 21.9 Å². The van der Waals surface area contributed by atoms with Crippen LogP contribution in [0.4, 0.5) is 0 Å². The van der Waals surface area contributed by atoms with Gasteiger partial charge in [0.2, 0.25) is 0 Å². The van der Waals surface area contributed by atoms with Gasteiger partial charge in [-0.3, -0.25) is 4.79 Å². The van der Waals surface area contributed by atoms with Crippen LogP contribution in [0.5, 0.6) is 5.75 Å². The average molecular weight is 424 g/mol. The molecule has 0 radical (unpaired) electrons. The van der Waals surface area contributed by atoms with E-state index in [1.54, 1.807) is 43.3 Å². The first-order valence-corrected chi connectivity index (χ1v) is 10.5. The fraction of sp³-hybridized carbons (Fsp3) is 0.130. The normalized spacial score (nSPS) is 11.0. The molecule has 0 aromatic heterocycles. The maximum atomic E-state index is 12.3. The van der Waals surface area contributed by atoms with Crippen LogP contribution < -0.4 is 4.18 Å². The summed E-state index contributed by atoms with van der Waals surface area (Å²) in [6.45, 7) is 3.21. The van der Waals surface area contributed by atoms with Gasteiger partial charge >= 0.3 is 16.1 Å². The Morgan fingerprint density at radius 1 is 0.833 bits per heavy atom. The van der Waals surface area contributed by atoms with Gasteiger partial charge in [-0.05, 0) is 61.9 Å². The Labute approximate surface area is 175 Å². The van der Waals surface area contributed by atoms with E-state index in [0.717, 1.165) is 11.1 Å². The first-order chi connectivity index (χ1) is 14.3. The summed E-state index contributed by atoms with van der Waals surface area (Å²) in [6, 6.07) is 18.8. The summed E-state index contributed by atoms with van der Waals surface area (Å²) in [5.41, 5.74) is 2.36. The molecule has 0 saturated carbocycles. The molecule has 0 spiro atoms. The van der Waals surface area contributed by atoms with Crippen LogP contribution >= 0.6 is 0 Å². The van der Waals surface area contributed by atoms with Crippen molar-refractivity contribution in [3.05, 3.63) is 95.1 Å². The number of hydrogen-bond donors (Lipinski definition) is 0. The molecule has 0 amide bonds. The van der Waals surface area contributed by atoms with Gasteiger partial charge in [-0.25, -0.2) is 4.79 Å². The molecule has 0 aliphatic rings. The standard InChI is InChI=1S/C23H20O6S/c1-16-7-13-20(14-8-16)30(26,27)29-19-11-9-18(10-12-19)22(24)15-28-23(25)21-6-4-3-5-17(21)2/h3-14H,15H2,1-2H3. The Morgan fingerprint density at radius 3 is 2.10 bits per heavy atom. The molecule has 6 nitrogen and oxygen atoms in total. The number of esters is 1. The summed E-state index contributed by atoms with van der Waals surface area (Å²) >= 11 is 0. The predicted molar refractivity (Wildman–Crippen MR) is 111 cm³/mol. The monoisotopic (exact) mass is 424 g/mol. The van der Waals surface area contributed by atoms with E-state index >= 15 is 0 Å². The van der Waals surface area contributed by atoms with E-state index in [4.69, 9.17) is 8.92 Å². The Bertz CT molecular complexity index is 1160. The SMILES string of the molecule is Cc1ccc(S(=O)(=O)Oc2ccc(C(=O)COC(=O)c3ccccc3C)cc2)cc1. The Kier molecular flexibility index (Phi) is 6.32. The molecule has 0 aliphatic heterocycles. The quantitative estimate of drug-likeness (QED) is 0.322. The number of carbonyl (C=O) groups is 2. The van der Waals surface area contributed by atoms with Gasteiger partial charge in [0.1, 0.15) is 10.6 Å². The summed E-state index contributed by atoms with van der Waals surface area (Å²) in [6.07, 6.45) is 0. The minimum absolute atomic E-state index is 0.0383. The fourth-order valence-corrected chi connectivity index (χ4v) is 3.60. The number of Topliss-reactive ketones (excluding diaryl/α,β-unsaturated/α-hetero) is 1. The van der Waals surface area contributed by atoms with Crippen molar-refractivity contribution in [3.63, 3.8) is 0 Å². The maximum absolute atomic E-state index is 12.3. The molecular weight excluding hydrogens is 404 g/mol. The van der Waals surface area contributed by atoms with Crippen molar-refractivity contribution in [1.29, 1.82) is 0 Å². The largest absolute Gasteiger partial charge is 0.454 e. The number of rotatable bonds is 7. The highest BCUT2D eigenvalue weighted by Gasteiger charge is 2.17. The van der Waals surface area contributed by atoms with Crippen LogP contribution in [0.1, 0.15) is 31.8 Å². The second kappa shape index (κ2) is 8.92. The zero-order valence-electron chi connectivity index (χ0n) is 16.5. The van der Waals surface area contributed by atoms with E-state index < -0.39 is 28.5 Å². The maximum Gasteiger partial charge on any atom is 0.339 e. The van der Waals surface area contributed by atoms with E-state index in [1.165, 1.54) is 36.4 Å². The van der Waals surface area contributed by atoms with Crippen LogP contribution in [0.15, 0.2) is 77.7 Å². The minimum Gasteiger partial charge on any atom is -0.454 e. The van der Waals surface area contributed by atoms with E-state index in [0.29, 0.717) is 5.56 Å². The molecule has 3 aromatic rings. The molecule has 30 heavy (non-hydrogen) atoms. The van der Waals surface area contributed by atoms with Crippen LogP contribution in [-0.2, 0) is 14.9 Å². The average Bonchev–Trinajstić information content (AvgIpc) is 2.72. The highest BCUT2D eigenvalue weighted by molar-refractivity contribution is 7.87. The van der Waals surface area contributed by atoms with E-state index in [9.17, 15) is 18.0 Å². The van der Waals surface area contributed by atoms with Crippen molar-refractivity contribution < 1.29 is 26.9 Å². The number of aryl methyl sites for hydroxylation is 2. The van der Waals surface area contributed by atoms with Gasteiger partial charge in [-0.15, -0.1) is 0 Å². The molecule has 0 bridgehead atoms. The van der Waals surface area contributed by atoms with Gasteiger partial charge in [0.15, 0.2) is 12.4 Å². The third-order valence-corrected chi connectivity index (χ3v) is 5.65. The highest BCUT2D eigenvalue weighted by atomic mass is 32.2. The Hall–Kier alpha value is -3.45. The molecule has 0 heterocycles. The molecular formula is C23H20O6S. The van der Waals surface area contributed by atoms with E-state index in [1.807, 2.05) is 6.92 Å². The lowest BCUT2D eigenvalue weighted by atomic mass is 10.1. The molecule has 0 atom stereocenters. The lowest BCUT2D eigenvalue weighted by Crippen LogP contribution is -2.15. The summed E-state index contributed by atoms with van der Waals surface area (Å²) in [4.78, 5) is 24.4. The number of ether oxygens (including phenoxy) is 1. The second-order valence-corrected chi connectivity index (χ2v) is 8.24. The zero-order valence-corrected chi connectivity index (χ0v) is 17.3. The smallest absolute Gasteiger partial charge is 0.339 e. The van der Waals surface area contributed by atoms with Crippen LogP contribution in [0.2, 0.25) is 0 Å². The molecule has 7 heteroatoms. The molecule has 3 rings (SSSR count). The van der Waals surface area contributed by atoms with Crippen LogP contribution in [0.25, 0.3) is 0 Å². The molecule has 0 unspecified atom stereocenters. The number of ketones is 1. The van der Waals surface area contributed by atoms with Gasteiger partial charge in [-0.2, -0.15) is 8.42 Å². The van der Waals surface area contributed by atoms with Crippen molar-refractivity contribution in [2.45, 2.75) is 18.7 Å². The van der Waals surface area contributed by atoms with Gasteiger partial charge in [0, 0.05) is 5.56 Å². The van der Waals surface area contributed by atoms with Gasteiger partial charge in [0.25, 0.3) is 0 Å². The molecule has 0 fully saturated rings. The number of benzene rings is 3. The van der Waals surface area contributed by atoms with Crippen molar-refractivity contribution in [2.75, 3.05) is 6.61 Å². The molecule has 0 aliphatic carbocycles. The third kappa shape index (κ3) is 5.12. The Balaban J connectivity index is 1.62. The first kappa shape index (κ1) is 21.3. The number of carbonyl (C=O) groups excluding carboxylic acids is 2. The zero-order chi connectivity index (χ0) is 21.7. The topological polar surface area (TPSA) is 86.7 Å². The second-order valence-electron chi connectivity index (χ2n) is 6.69. The summed E-state index contributed by atoms with van der Waals surface area (Å²) in [7, 11) is -3.97. The number of hydrogen-bond acceptors (Lipinski definition) is 6. The summed E-state index contributed by atoms with van der Waals surface area (Å²) in [5, 5.41) is 0. The van der Waals surface area contributed by atoms with Crippen molar-refractivity contribution in [3.8, 4) is 5.75 Å². The predicted octanol–water partition coefficient (Wildman–Crippen LogP) is 4.11. The van der Waals surface area contributed by atoms with Gasteiger partial charge < -0.3 is 8.92 Å². The molecule has 3 aromatic carbocycles. The fourth-order valence-electron chi connectivity index (χ4n) is 2.67. The molecule has 154 valence electrons.